The van der Waals surface area contributed by atoms with Gasteiger partial charge in [-0.15, -0.1) is 0 Å². The van der Waals surface area contributed by atoms with Gasteiger partial charge >= 0.3 is 6.03 Å². The quantitative estimate of drug-likeness (QED) is 0.756. The first-order valence-corrected chi connectivity index (χ1v) is 11.6. The van der Waals surface area contributed by atoms with Gasteiger partial charge in [0.05, 0.1) is 6.04 Å². The molecule has 5 aliphatic rings. The van der Waals surface area contributed by atoms with Crippen LogP contribution in [0.5, 0.6) is 0 Å². The second kappa shape index (κ2) is 7.29. The highest BCUT2D eigenvalue weighted by Gasteiger charge is 2.52. The van der Waals surface area contributed by atoms with Crippen LogP contribution in [0.15, 0.2) is 12.3 Å². The molecule has 158 valence electrons. The van der Waals surface area contributed by atoms with Gasteiger partial charge in [0.15, 0.2) is 0 Å². The Morgan fingerprint density at radius 1 is 1.17 bits per heavy atom. The van der Waals surface area contributed by atoms with Crippen LogP contribution in [0.3, 0.4) is 0 Å². The lowest BCUT2D eigenvalue weighted by Gasteiger charge is -2.57. The van der Waals surface area contributed by atoms with Crippen LogP contribution in [0, 0.1) is 23.7 Å². The zero-order chi connectivity index (χ0) is 20.2. The molecule has 4 bridgehead atoms. The van der Waals surface area contributed by atoms with Crippen molar-refractivity contribution < 1.29 is 4.79 Å². The topological polar surface area (TPSA) is 61.4 Å². The normalized spacial score (nSPS) is 36.0. The van der Waals surface area contributed by atoms with E-state index in [1.807, 2.05) is 0 Å². The van der Waals surface area contributed by atoms with Crippen molar-refractivity contribution in [2.45, 2.75) is 64.0 Å². The van der Waals surface area contributed by atoms with Crippen molar-refractivity contribution in [1.82, 2.24) is 20.2 Å². The van der Waals surface area contributed by atoms with Crippen molar-refractivity contribution in [3.05, 3.63) is 17.4 Å². The molecule has 1 aromatic heterocycles. The van der Waals surface area contributed by atoms with E-state index in [-0.39, 0.29) is 17.6 Å². The largest absolute Gasteiger partial charge is 0.337 e. The SMILES string of the molecule is CC(C)C1CN(c2nccc(Cl)n2)CCN1C(=O)NC12CC3CC(CC(C3)C1)C2. The number of nitrogens with zero attached hydrogens (tertiary/aromatic N) is 4. The summed E-state index contributed by atoms with van der Waals surface area (Å²) in [4.78, 5) is 26.4. The number of rotatable bonds is 3. The van der Waals surface area contributed by atoms with E-state index in [1.165, 1.54) is 38.5 Å². The van der Waals surface area contributed by atoms with E-state index >= 15 is 0 Å². The molecule has 2 heterocycles. The van der Waals surface area contributed by atoms with Gasteiger partial charge in [0, 0.05) is 31.4 Å². The summed E-state index contributed by atoms with van der Waals surface area (Å²) in [6.07, 6.45) is 9.43. The Morgan fingerprint density at radius 3 is 2.41 bits per heavy atom. The zero-order valence-electron chi connectivity index (χ0n) is 17.5. The Bertz CT molecular complexity index is 749. The van der Waals surface area contributed by atoms with Gasteiger partial charge in [-0.2, -0.15) is 0 Å². The van der Waals surface area contributed by atoms with Crippen molar-refractivity contribution in [2.24, 2.45) is 23.7 Å². The Labute approximate surface area is 178 Å². The third kappa shape index (κ3) is 3.69. The lowest BCUT2D eigenvalue weighted by atomic mass is 9.53. The first-order valence-electron chi connectivity index (χ1n) is 11.2. The molecular weight excluding hydrogens is 386 g/mol. The predicted octanol–water partition coefficient (Wildman–Crippen LogP) is 3.96. The average Bonchev–Trinajstić information content (AvgIpc) is 2.66. The Kier molecular flexibility index (Phi) is 4.88. The fourth-order valence-electron chi connectivity index (χ4n) is 6.86. The summed E-state index contributed by atoms with van der Waals surface area (Å²) in [5.41, 5.74) is 0.0561. The number of carbonyl (C=O) groups is 1. The Hall–Kier alpha value is -1.56. The van der Waals surface area contributed by atoms with Gasteiger partial charge in [-0.3, -0.25) is 0 Å². The predicted molar refractivity (Wildman–Crippen MR) is 114 cm³/mol. The first kappa shape index (κ1) is 19.4. The van der Waals surface area contributed by atoms with E-state index in [4.69, 9.17) is 11.6 Å². The standard InChI is InChI=1S/C22H32ClN5O/c1-14(2)18-13-27(20-24-4-3-19(23)25-20)5-6-28(18)21(29)26-22-10-15-7-16(11-22)9-17(8-15)12-22/h3-4,14-18H,5-13H2,1-2H3,(H,26,29). The molecule has 0 spiro atoms. The molecule has 1 atom stereocenters. The summed E-state index contributed by atoms with van der Waals surface area (Å²) < 4.78 is 0. The molecule has 6 nitrogen and oxygen atoms in total. The number of aromatic nitrogens is 2. The first-order chi connectivity index (χ1) is 13.9. The molecule has 0 radical (unpaired) electrons. The van der Waals surface area contributed by atoms with E-state index in [0.717, 1.165) is 30.8 Å². The van der Waals surface area contributed by atoms with Gasteiger partial charge in [0.25, 0.3) is 0 Å². The number of anilines is 1. The maximum Gasteiger partial charge on any atom is 0.318 e. The summed E-state index contributed by atoms with van der Waals surface area (Å²) >= 11 is 6.06. The number of halogens is 1. The van der Waals surface area contributed by atoms with Gasteiger partial charge in [-0.05, 0) is 68.3 Å². The van der Waals surface area contributed by atoms with Crippen molar-refractivity contribution in [3.8, 4) is 0 Å². The number of amides is 2. The van der Waals surface area contributed by atoms with Crippen molar-refractivity contribution in [1.29, 1.82) is 0 Å². The minimum Gasteiger partial charge on any atom is -0.337 e. The molecule has 0 aromatic carbocycles. The van der Waals surface area contributed by atoms with Crippen LogP contribution < -0.4 is 10.2 Å². The van der Waals surface area contributed by atoms with E-state index in [0.29, 0.717) is 23.6 Å². The zero-order valence-corrected chi connectivity index (χ0v) is 18.2. The summed E-state index contributed by atoms with van der Waals surface area (Å²) in [5.74, 6) is 3.52. The molecule has 5 fully saturated rings. The molecule has 1 saturated heterocycles. The number of carbonyl (C=O) groups excluding carboxylic acids is 1. The number of nitrogens with one attached hydrogen (secondary N) is 1. The number of piperazine rings is 1. The molecule has 29 heavy (non-hydrogen) atoms. The Balaban J connectivity index is 1.29. The highest BCUT2D eigenvalue weighted by atomic mass is 35.5. The second-order valence-electron chi connectivity index (χ2n) is 10.3. The summed E-state index contributed by atoms with van der Waals surface area (Å²) in [6, 6.07) is 1.97. The smallest absolute Gasteiger partial charge is 0.318 e. The molecule has 6 rings (SSSR count). The summed E-state index contributed by atoms with van der Waals surface area (Å²) in [5, 5.41) is 4.02. The van der Waals surface area contributed by atoms with Gasteiger partial charge in [-0.25, -0.2) is 14.8 Å². The van der Waals surface area contributed by atoms with Crippen molar-refractivity contribution >= 4 is 23.6 Å². The molecule has 4 aliphatic carbocycles. The van der Waals surface area contributed by atoms with E-state index < -0.39 is 0 Å². The van der Waals surface area contributed by atoms with Crippen molar-refractivity contribution in [2.75, 3.05) is 24.5 Å². The number of hydrogen-bond acceptors (Lipinski definition) is 4. The lowest BCUT2D eigenvalue weighted by Crippen LogP contribution is -2.65. The third-order valence-corrected chi connectivity index (χ3v) is 7.96. The molecule has 7 heteroatoms. The Morgan fingerprint density at radius 2 is 1.83 bits per heavy atom. The van der Waals surface area contributed by atoms with Gasteiger partial charge in [0.1, 0.15) is 5.15 Å². The highest BCUT2D eigenvalue weighted by Crippen LogP contribution is 2.55. The van der Waals surface area contributed by atoms with Crippen LogP contribution in [-0.2, 0) is 0 Å². The number of urea groups is 1. The van der Waals surface area contributed by atoms with E-state index in [9.17, 15) is 4.79 Å². The van der Waals surface area contributed by atoms with Crippen molar-refractivity contribution in [3.63, 3.8) is 0 Å². The maximum absolute atomic E-state index is 13.4. The lowest BCUT2D eigenvalue weighted by molar-refractivity contribution is -0.0170. The third-order valence-electron chi connectivity index (χ3n) is 7.75. The highest BCUT2D eigenvalue weighted by molar-refractivity contribution is 6.29. The fraction of sp³-hybridized carbons (Fsp3) is 0.773. The van der Waals surface area contributed by atoms with Gasteiger partial charge in [0.2, 0.25) is 5.95 Å². The molecule has 4 saturated carbocycles. The van der Waals surface area contributed by atoms with Gasteiger partial charge in [-0.1, -0.05) is 25.4 Å². The van der Waals surface area contributed by atoms with Crippen LogP contribution in [-0.4, -0.2) is 52.1 Å². The molecule has 2 amide bonds. The average molecular weight is 418 g/mol. The molecule has 1 aliphatic heterocycles. The van der Waals surface area contributed by atoms with Crippen LogP contribution in [0.2, 0.25) is 5.15 Å². The van der Waals surface area contributed by atoms with Crippen LogP contribution >= 0.6 is 11.6 Å². The monoisotopic (exact) mass is 417 g/mol. The number of hydrogen-bond donors (Lipinski definition) is 1. The van der Waals surface area contributed by atoms with Gasteiger partial charge < -0.3 is 15.1 Å². The van der Waals surface area contributed by atoms with Crippen LogP contribution in [0.25, 0.3) is 0 Å². The summed E-state index contributed by atoms with van der Waals surface area (Å²) in [6.45, 7) is 6.55. The molecule has 1 unspecified atom stereocenters. The molecule has 1 N–H and O–H groups in total. The second-order valence-corrected chi connectivity index (χ2v) is 10.6. The molecular formula is C22H32ClN5O. The van der Waals surface area contributed by atoms with Crippen LogP contribution in [0.1, 0.15) is 52.4 Å². The minimum absolute atomic E-state index is 0.0561. The van der Waals surface area contributed by atoms with E-state index in [1.54, 1.807) is 12.3 Å². The summed E-state index contributed by atoms with van der Waals surface area (Å²) in [7, 11) is 0. The maximum atomic E-state index is 13.4. The fourth-order valence-corrected chi connectivity index (χ4v) is 6.99. The van der Waals surface area contributed by atoms with Crippen LogP contribution in [0.4, 0.5) is 10.7 Å². The van der Waals surface area contributed by atoms with E-state index in [2.05, 4.69) is 38.9 Å². The minimum atomic E-state index is 0.0561. The molecule has 1 aromatic rings.